The summed E-state index contributed by atoms with van der Waals surface area (Å²) in [5.41, 5.74) is 7.17. The van der Waals surface area contributed by atoms with Crippen LogP contribution in [0.25, 0.3) is 0 Å². The smallest absolute Gasteiger partial charge is 0.152 e. The van der Waals surface area contributed by atoms with E-state index < -0.39 is 0 Å². The average Bonchev–Trinajstić information content (AvgIpc) is 2.13. The van der Waals surface area contributed by atoms with E-state index in [4.69, 9.17) is 17.3 Å². The number of carbonyl (C=O) groups excluding carboxylic acids is 1. The first kappa shape index (κ1) is 10.5. The quantitative estimate of drug-likeness (QED) is 0.671. The number of para-hydroxylation sites is 1. The van der Waals surface area contributed by atoms with Crippen molar-refractivity contribution in [3.05, 3.63) is 28.2 Å². The number of hydrogen-bond acceptors (Lipinski definition) is 2. The van der Waals surface area contributed by atoms with Crippen molar-refractivity contribution in [2.45, 2.75) is 6.42 Å². The van der Waals surface area contributed by atoms with E-state index in [-0.39, 0.29) is 11.7 Å². The minimum absolute atomic E-state index is 0.0218. The topological polar surface area (TPSA) is 43.1 Å². The number of halogens is 2. The first-order valence-corrected chi connectivity index (χ1v) is 5.08. The summed E-state index contributed by atoms with van der Waals surface area (Å²) in [7, 11) is 0. The number of benzene rings is 1. The summed E-state index contributed by atoms with van der Waals surface area (Å²) >= 11 is 8.68. The van der Waals surface area contributed by atoms with Gasteiger partial charge in [0.15, 0.2) is 5.78 Å². The van der Waals surface area contributed by atoms with Crippen LogP contribution in [0, 0.1) is 0 Å². The van der Waals surface area contributed by atoms with Gasteiger partial charge in [0.05, 0.1) is 5.88 Å². The molecule has 0 amide bonds. The van der Waals surface area contributed by atoms with Crippen LogP contribution in [0.15, 0.2) is 22.7 Å². The standard InChI is InChI=1S/C9H9BrClNO/c10-8-3-1-2-6(9(8)12)4-7(13)5-11/h1-3H,4-5,12H2. The fourth-order valence-corrected chi connectivity index (χ4v) is 1.50. The molecule has 0 heterocycles. The Bertz CT molecular complexity index is 327. The zero-order valence-electron chi connectivity index (χ0n) is 6.89. The molecule has 0 spiro atoms. The summed E-state index contributed by atoms with van der Waals surface area (Å²) < 4.78 is 0.812. The van der Waals surface area contributed by atoms with Crippen molar-refractivity contribution in [2.75, 3.05) is 11.6 Å². The van der Waals surface area contributed by atoms with Gasteiger partial charge in [0, 0.05) is 16.6 Å². The van der Waals surface area contributed by atoms with Crippen LogP contribution in [0.2, 0.25) is 0 Å². The van der Waals surface area contributed by atoms with Crippen LogP contribution in [0.1, 0.15) is 5.56 Å². The molecule has 0 bridgehead atoms. The average molecular weight is 263 g/mol. The van der Waals surface area contributed by atoms with E-state index in [1.54, 1.807) is 0 Å². The number of rotatable bonds is 3. The van der Waals surface area contributed by atoms with Gasteiger partial charge in [-0.25, -0.2) is 0 Å². The predicted octanol–water partition coefficient (Wildman–Crippen LogP) is 2.38. The monoisotopic (exact) mass is 261 g/mol. The molecular weight excluding hydrogens is 253 g/mol. The van der Waals surface area contributed by atoms with Crippen molar-refractivity contribution in [2.24, 2.45) is 0 Å². The molecule has 1 rings (SSSR count). The highest BCUT2D eigenvalue weighted by Gasteiger charge is 2.06. The van der Waals surface area contributed by atoms with Crippen LogP contribution >= 0.6 is 27.5 Å². The van der Waals surface area contributed by atoms with Crippen molar-refractivity contribution in [1.82, 2.24) is 0 Å². The lowest BCUT2D eigenvalue weighted by molar-refractivity contribution is -0.116. The summed E-state index contributed by atoms with van der Waals surface area (Å²) in [4.78, 5) is 11.0. The lowest BCUT2D eigenvalue weighted by Gasteiger charge is -2.04. The zero-order valence-corrected chi connectivity index (χ0v) is 9.23. The van der Waals surface area contributed by atoms with Gasteiger partial charge in [0.1, 0.15) is 0 Å². The Labute approximate surface area is 90.2 Å². The van der Waals surface area contributed by atoms with Crippen LogP contribution in [0.5, 0.6) is 0 Å². The molecule has 2 nitrogen and oxygen atoms in total. The van der Waals surface area contributed by atoms with Gasteiger partial charge in [-0.3, -0.25) is 4.79 Å². The van der Waals surface area contributed by atoms with Crippen LogP contribution in [-0.2, 0) is 11.2 Å². The molecule has 0 aliphatic rings. The third-order valence-corrected chi connectivity index (χ3v) is 2.67. The summed E-state index contributed by atoms with van der Waals surface area (Å²) in [5.74, 6) is 0.0119. The van der Waals surface area contributed by atoms with Gasteiger partial charge in [0.25, 0.3) is 0 Å². The van der Waals surface area contributed by atoms with Crippen molar-refractivity contribution >= 4 is 39.0 Å². The second-order valence-electron chi connectivity index (χ2n) is 2.66. The van der Waals surface area contributed by atoms with E-state index in [2.05, 4.69) is 15.9 Å². The number of ketones is 1. The molecule has 0 atom stereocenters. The number of nitrogen functional groups attached to an aromatic ring is 1. The minimum Gasteiger partial charge on any atom is -0.398 e. The SMILES string of the molecule is Nc1c(Br)cccc1CC(=O)CCl. The van der Waals surface area contributed by atoms with Crippen LogP contribution < -0.4 is 5.73 Å². The van der Waals surface area contributed by atoms with Gasteiger partial charge >= 0.3 is 0 Å². The second-order valence-corrected chi connectivity index (χ2v) is 3.78. The second kappa shape index (κ2) is 4.63. The highest BCUT2D eigenvalue weighted by Crippen LogP contribution is 2.23. The largest absolute Gasteiger partial charge is 0.398 e. The molecule has 0 saturated heterocycles. The zero-order chi connectivity index (χ0) is 9.84. The van der Waals surface area contributed by atoms with Gasteiger partial charge in [0.2, 0.25) is 0 Å². The highest BCUT2D eigenvalue weighted by atomic mass is 79.9. The number of Topliss-reactive ketones (excluding diaryl/α,β-unsaturated/α-hetero) is 1. The first-order chi connectivity index (χ1) is 6.15. The number of carbonyl (C=O) groups is 1. The number of alkyl halides is 1. The van der Waals surface area contributed by atoms with Gasteiger partial charge in [-0.15, -0.1) is 11.6 Å². The Kier molecular flexibility index (Phi) is 3.75. The van der Waals surface area contributed by atoms with Gasteiger partial charge in [-0.2, -0.15) is 0 Å². The fraction of sp³-hybridized carbons (Fsp3) is 0.222. The van der Waals surface area contributed by atoms with Gasteiger partial charge < -0.3 is 5.73 Å². The molecule has 13 heavy (non-hydrogen) atoms. The summed E-state index contributed by atoms with van der Waals surface area (Å²) in [6.45, 7) is 0. The molecule has 0 aliphatic carbocycles. The molecular formula is C9H9BrClNO. The first-order valence-electron chi connectivity index (χ1n) is 3.75. The summed E-state index contributed by atoms with van der Waals surface area (Å²) in [5, 5.41) is 0. The van der Waals surface area contributed by atoms with Crippen molar-refractivity contribution in [3.8, 4) is 0 Å². The Hall–Kier alpha value is -0.540. The molecule has 0 unspecified atom stereocenters. The van der Waals surface area contributed by atoms with Crippen molar-refractivity contribution in [1.29, 1.82) is 0 Å². The van der Waals surface area contributed by atoms with Crippen LogP contribution in [0.3, 0.4) is 0 Å². The van der Waals surface area contributed by atoms with E-state index in [9.17, 15) is 4.79 Å². The third kappa shape index (κ3) is 2.71. The maximum Gasteiger partial charge on any atom is 0.152 e. The van der Waals surface area contributed by atoms with Crippen molar-refractivity contribution < 1.29 is 4.79 Å². The number of anilines is 1. The molecule has 0 fully saturated rings. The Morgan fingerprint density at radius 3 is 2.85 bits per heavy atom. The Morgan fingerprint density at radius 1 is 1.54 bits per heavy atom. The molecule has 4 heteroatoms. The van der Waals surface area contributed by atoms with Gasteiger partial charge in [-0.1, -0.05) is 12.1 Å². The minimum atomic E-state index is -0.0218. The fourth-order valence-electron chi connectivity index (χ4n) is 0.996. The molecule has 1 aromatic carbocycles. The molecule has 0 aromatic heterocycles. The Morgan fingerprint density at radius 2 is 2.23 bits per heavy atom. The van der Waals surface area contributed by atoms with Crippen LogP contribution in [0.4, 0.5) is 5.69 Å². The number of hydrogen-bond donors (Lipinski definition) is 1. The van der Waals surface area contributed by atoms with Gasteiger partial charge in [-0.05, 0) is 27.6 Å². The normalized spacial score (nSPS) is 10.0. The maximum absolute atomic E-state index is 11.0. The summed E-state index contributed by atoms with van der Waals surface area (Å²) in [6, 6.07) is 5.51. The van der Waals surface area contributed by atoms with E-state index in [1.807, 2.05) is 18.2 Å². The lowest BCUT2D eigenvalue weighted by atomic mass is 10.1. The van der Waals surface area contributed by atoms with Crippen molar-refractivity contribution in [3.63, 3.8) is 0 Å². The predicted molar refractivity (Wildman–Crippen MR) is 58.0 cm³/mol. The number of nitrogens with two attached hydrogens (primary N) is 1. The van der Waals surface area contributed by atoms with E-state index >= 15 is 0 Å². The lowest BCUT2D eigenvalue weighted by Crippen LogP contribution is -2.06. The molecule has 70 valence electrons. The molecule has 0 saturated carbocycles. The molecule has 0 aliphatic heterocycles. The Balaban J connectivity index is 2.89. The molecule has 2 N–H and O–H groups in total. The van der Waals surface area contributed by atoms with E-state index in [0.717, 1.165) is 10.0 Å². The maximum atomic E-state index is 11.0. The molecule has 1 aromatic rings. The highest BCUT2D eigenvalue weighted by molar-refractivity contribution is 9.10. The van der Waals surface area contributed by atoms with E-state index in [0.29, 0.717) is 12.1 Å². The third-order valence-electron chi connectivity index (χ3n) is 1.68. The summed E-state index contributed by atoms with van der Waals surface area (Å²) in [6.07, 6.45) is 0.300. The van der Waals surface area contributed by atoms with E-state index in [1.165, 1.54) is 0 Å². The van der Waals surface area contributed by atoms with Crippen LogP contribution in [-0.4, -0.2) is 11.7 Å². The molecule has 0 radical (unpaired) electrons.